The smallest absolute Gasteiger partial charge is 0.162 e. The molecule has 21 heavy (non-hydrogen) atoms. The van der Waals surface area contributed by atoms with Crippen LogP contribution in [-0.2, 0) is 0 Å². The first kappa shape index (κ1) is 15.0. The van der Waals surface area contributed by atoms with Crippen molar-refractivity contribution in [2.24, 2.45) is 0 Å². The van der Waals surface area contributed by atoms with Crippen LogP contribution < -0.4 is 14.2 Å². The average Bonchev–Trinajstić information content (AvgIpc) is 2.53. The molecule has 0 atom stereocenters. The molecule has 2 rings (SSSR count). The quantitative estimate of drug-likeness (QED) is 0.764. The molecule has 0 heterocycles. The van der Waals surface area contributed by atoms with Gasteiger partial charge in [0.05, 0.1) is 18.7 Å². The topological polar surface area (TPSA) is 51.5 Å². The number of nitriles is 1. The Labute approximate surface area is 128 Å². The lowest BCUT2D eigenvalue weighted by atomic mass is 10.2. The first-order chi connectivity index (χ1) is 10.2. The fourth-order valence-electron chi connectivity index (χ4n) is 1.70. The summed E-state index contributed by atoms with van der Waals surface area (Å²) in [6.45, 7) is 0.718. The van der Waals surface area contributed by atoms with Crippen molar-refractivity contribution < 1.29 is 14.2 Å². The lowest BCUT2D eigenvalue weighted by Gasteiger charge is -2.11. The molecule has 2 aromatic rings. The second-order valence-corrected chi connectivity index (χ2v) is 4.56. The number of rotatable bonds is 6. The highest BCUT2D eigenvalue weighted by Crippen LogP contribution is 2.27. The largest absolute Gasteiger partial charge is 0.493 e. The van der Waals surface area contributed by atoms with E-state index in [1.807, 2.05) is 0 Å². The van der Waals surface area contributed by atoms with Gasteiger partial charge in [-0.15, -0.1) is 0 Å². The second kappa shape index (κ2) is 7.41. The molecule has 0 radical (unpaired) electrons. The van der Waals surface area contributed by atoms with Gasteiger partial charge in [-0.2, -0.15) is 5.26 Å². The number of nitrogens with zero attached hydrogens (tertiary/aromatic N) is 1. The predicted octanol–water partition coefficient (Wildman–Crippen LogP) is 3.68. The van der Waals surface area contributed by atoms with E-state index >= 15 is 0 Å². The molecule has 4 nitrogen and oxygen atoms in total. The third kappa shape index (κ3) is 4.30. The van der Waals surface area contributed by atoms with Crippen molar-refractivity contribution in [3.63, 3.8) is 0 Å². The molecule has 0 aliphatic rings. The van der Waals surface area contributed by atoms with E-state index in [1.165, 1.54) is 0 Å². The second-order valence-electron chi connectivity index (χ2n) is 4.13. The lowest BCUT2D eigenvalue weighted by Crippen LogP contribution is -2.09. The Morgan fingerprint density at radius 1 is 1.00 bits per heavy atom. The summed E-state index contributed by atoms with van der Waals surface area (Å²) in [5, 5.41) is 9.55. The Morgan fingerprint density at radius 2 is 1.71 bits per heavy atom. The van der Waals surface area contributed by atoms with Crippen molar-refractivity contribution in [3.05, 3.63) is 53.1 Å². The molecule has 2 aromatic carbocycles. The Balaban J connectivity index is 1.88. The van der Waals surface area contributed by atoms with E-state index < -0.39 is 0 Å². The molecule has 108 valence electrons. The SMILES string of the molecule is COc1ccc(C#N)cc1OCCOc1ccc(Cl)cc1. The zero-order valence-corrected chi connectivity index (χ0v) is 12.3. The molecule has 0 bridgehead atoms. The Bertz CT molecular complexity index is 635. The third-order valence-corrected chi connectivity index (χ3v) is 2.97. The molecular formula is C16H14ClNO3. The van der Waals surface area contributed by atoms with Crippen molar-refractivity contribution in [1.82, 2.24) is 0 Å². The molecule has 0 saturated carbocycles. The molecule has 0 amide bonds. The highest BCUT2D eigenvalue weighted by atomic mass is 35.5. The van der Waals surface area contributed by atoms with Crippen LogP contribution in [0.15, 0.2) is 42.5 Å². The summed E-state index contributed by atoms with van der Waals surface area (Å²) in [7, 11) is 1.55. The van der Waals surface area contributed by atoms with Crippen LogP contribution in [0.5, 0.6) is 17.2 Å². The van der Waals surface area contributed by atoms with Crippen molar-refractivity contribution in [2.45, 2.75) is 0 Å². The highest BCUT2D eigenvalue weighted by molar-refractivity contribution is 6.30. The monoisotopic (exact) mass is 303 g/mol. The van der Waals surface area contributed by atoms with Gasteiger partial charge in [0.25, 0.3) is 0 Å². The molecule has 0 aliphatic carbocycles. The van der Waals surface area contributed by atoms with Crippen molar-refractivity contribution >= 4 is 11.6 Å². The van der Waals surface area contributed by atoms with E-state index in [0.29, 0.717) is 35.3 Å². The molecule has 0 spiro atoms. The van der Waals surface area contributed by atoms with Gasteiger partial charge in [0.1, 0.15) is 19.0 Å². The standard InChI is InChI=1S/C16H14ClNO3/c1-19-15-7-2-12(11-18)10-16(15)21-9-8-20-14-5-3-13(17)4-6-14/h2-7,10H,8-9H2,1H3. The van der Waals surface area contributed by atoms with Gasteiger partial charge in [-0.3, -0.25) is 0 Å². The third-order valence-electron chi connectivity index (χ3n) is 2.72. The van der Waals surface area contributed by atoms with Crippen LogP contribution in [0, 0.1) is 11.3 Å². The van der Waals surface area contributed by atoms with E-state index in [-0.39, 0.29) is 0 Å². The summed E-state index contributed by atoms with van der Waals surface area (Å²) in [4.78, 5) is 0. The van der Waals surface area contributed by atoms with Crippen LogP contribution in [0.2, 0.25) is 5.02 Å². The molecule has 0 aromatic heterocycles. The van der Waals surface area contributed by atoms with Crippen LogP contribution in [0.1, 0.15) is 5.56 Å². The summed E-state index contributed by atoms with van der Waals surface area (Å²) < 4.78 is 16.3. The first-order valence-corrected chi connectivity index (χ1v) is 6.70. The molecular weight excluding hydrogens is 290 g/mol. The fraction of sp³-hybridized carbons (Fsp3) is 0.188. The number of hydrogen-bond donors (Lipinski definition) is 0. The van der Waals surface area contributed by atoms with Crippen LogP contribution in [0.25, 0.3) is 0 Å². The van der Waals surface area contributed by atoms with Crippen molar-refractivity contribution in [3.8, 4) is 23.3 Å². The predicted molar refractivity (Wildman–Crippen MR) is 80.2 cm³/mol. The first-order valence-electron chi connectivity index (χ1n) is 6.32. The Morgan fingerprint density at radius 3 is 2.38 bits per heavy atom. The zero-order chi connectivity index (χ0) is 15.1. The molecule has 0 N–H and O–H groups in total. The summed E-state index contributed by atoms with van der Waals surface area (Å²) in [5.41, 5.74) is 0.518. The van der Waals surface area contributed by atoms with Crippen molar-refractivity contribution in [1.29, 1.82) is 5.26 Å². The van der Waals surface area contributed by atoms with E-state index in [9.17, 15) is 0 Å². The van der Waals surface area contributed by atoms with E-state index in [1.54, 1.807) is 49.6 Å². The van der Waals surface area contributed by atoms with Crippen LogP contribution in [0.4, 0.5) is 0 Å². The Hall–Kier alpha value is -2.38. The lowest BCUT2D eigenvalue weighted by molar-refractivity contribution is 0.211. The maximum atomic E-state index is 8.89. The number of halogens is 1. The normalized spacial score (nSPS) is 9.76. The van der Waals surface area contributed by atoms with Gasteiger partial charge >= 0.3 is 0 Å². The maximum Gasteiger partial charge on any atom is 0.162 e. The zero-order valence-electron chi connectivity index (χ0n) is 11.5. The number of benzene rings is 2. The molecule has 5 heteroatoms. The van der Waals surface area contributed by atoms with Gasteiger partial charge in [0.15, 0.2) is 11.5 Å². The fourth-order valence-corrected chi connectivity index (χ4v) is 1.83. The number of hydrogen-bond acceptors (Lipinski definition) is 4. The maximum absolute atomic E-state index is 8.89. The summed E-state index contributed by atoms with van der Waals surface area (Å²) in [5.74, 6) is 1.83. The van der Waals surface area contributed by atoms with Gasteiger partial charge in [-0.25, -0.2) is 0 Å². The van der Waals surface area contributed by atoms with Crippen LogP contribution in [0.3, 0.4) is 0 Å². The van der Waals surface area contributed by atoms with Crippen LogP contribution >= 0.6 is 11.6 Å². The van der Waals surface area contributed by atoms with E-state index in [4.69, 9.17) is 31.1 Å². The van der Waals surface area contributed by atoms with Crippen LogP contribution in [-0.4, -0.2) is 20.3 Å². The number of ether oxygens (including phenoxy) is 3. The molecule has 0 unspecified atom stereocenters. The molecule has 0 saturated heterocycles. The highest BCUT2D eigenvalue weighted by Gasteiger charge is 2.05. The van der Waals surface area contributed by atoms with Gasteiger partial charge < -0.3 is 14.2 Å². The van der Waals surface area contributed by atoms with Gasteiger partial charge in [-0.05, 0) is 36.4 Å². The summed E-state index contributed by atoms with van der Waals surface area (Å²) in [6.07, 6.45) is 0. The minimum Gasteiger partial charge on any atom is -0.493 e. The minimum absolute atomic E-state index is 0.341. The summed E-state index contributed by atoms with van der Waals surface area (Å²) >= 11 is 5.79. The Kier molecular flexibility index (Phi) is 5.30. The molecule has 0 fully saturated rings. The average molecular weight is 304 g/mol. The van der Waals surface area contributed by atoms with Crippen molar-refractivity contribution in [2.75, 3.05) is 20.3 Å². The minimum atomic E-state index is 0.341. The van der Waals surface area contributed by atoms with E-state index in [0.717, 1.165) is 5.75 Å². The van der Waals surface area contributed by atoms with Gasteiger partial charge in [0, 0.05) is 11.1 Å². The number of methoxy groups -OCH3 is 1. The molecule has 0 aliphatic heterocycles. The van der Waals surface area contributed by atoms with Gasteiger partial charge in [-0.1, -0.05) is 11.6 Å². The van der Waals surface area contributed by atoms with E-state index in [2.05, 4.69) is 6.07 Å². The van der Waals surface area contributed by atoms with Gasteiger partial charge in [0.2, 0.25) is 0 Å². The summed E-state index contributed by atoms with van der Waals surface area (Å²) in [6, 6.07) is 14.2.